The minimum Gasteiger partial charge on any atom is -0.248 e. The van der Waals surface area contributed by atoms with E-state index in [4.69, 9.17) is 4.98 Å². The van der Waals surface area contributed by atoms with E-state index in [1.54, 1.807) is 0 Å². The van der Waals surface area contributed by atoms with Crippen molar-refractivity contribution >= 4 is 0 Å². The highest BCUT2D eigenvalue weighted by atomic mass is 14.7. The van der Waals surface area contributed by atoms with Crippen molar-refractivity contribution in [3.05, 3.63) is 294 Å². The molecule has 0 N–H and O–H groups in total. The molecular weight excluding hydrogens is 843 g/mol. The molecule has 10 aromatic carbocycles. The van der Waals surface area contributed by atoms with Gasteiger partial charge in [-0.1, -0.05) is 238 Å². The van der Waals surface area contributed by atoms with Crippen molar-refractivity contribution < 1.29 is 0 Å². The summed E-state index contributed by atoms with van der Waals surface area (Å²) in [6, 6.07) is 96.2. The summed E-state index contributed by atoms with van der Waals surface area (Å²) < 4.78 is 0. The highest BCUT2D eigenvalue weighted by molar-refractivity contribution is 5.99. The normalized spacial score (nSPS) is 13.5. The van der Waals surface area contributed by atoms with Crippen molar-refractivity contribution in [2.45, 2.75) is 24.7 Å². The molecule has 0 bridgehead atoms. The maximum atomic E-state index is 5.32. The molecular formula is C69H49N. The van der Waals surface area contributed by atoms with Crippen LogP contribution in [0.15, 0.2) is 261 Å². The number of fused-ring (bicyclic) bond motifs is 9. The predicted molar refractivity (Wildman–Crippen MR) is 292 cm³/mol. The van der Waals surface area contributed by atoms with Gasteiger partial charge in [0.2, 0.25) is 0 Å². The second-order valence-corrected chi connectivity index (χ2v) is 19.4. The zero-order valence-electron chi connectivity index (χ0n) is 39.3. The van der Waals surface area contributed by atoms with E-state index < -0.39 is 5.41 Å². The average Bonchev–Trinajstić information content (AvgIpc) is 3.73. The van der Waals surface area contributed by atoms with Gasteiger partial charge in [0.1, 0.15) is 0 Å². The fraction of sp³-hybridized carbons (Fsp3) is 0.0580. The molecule has 2 aliphatic rings. The number of aromatic nitrogens is 1. The van der Waals surface area contributed by atoms with Crippen molar-refractivity contribution in [1.82, 2.24) is 4.98 Å². The van der Waals surface area contributed by atoms with Gasteiger partial charge in [-0.25, -0.2) is 4.98 Å². The summed E-state index contributed by atoms with van der Waals surface area (Å²) in [6.07, 6.45) is 0. The van der Waals surface area contributed by atoms with E-state index in [0.29, 0.717) is 0 Å². The molecule has 0 aliphatic heterocycles. The van der Waals surface area contributed by atoms with Crippen LogP contribution in [0, 0.1) is 0 Å². The van der Waals surface area contributed by atoms with Crippen LogP contribution in [-0.4, -0.2) is 4.98 Å². The van der Waals surface area contributed by atoms with Crippen molar-refractivity contribution in [3.8, 4) is 89.3 Å². The molecule has 1 heterocycles. The molecule has 0 unspecified atom stereocenters. The van der Waals surface area contributed by atoms with Crippen LogP contribution in [0.2, 0.25) is 0 Å². The van der Waals surface area contributed by atoms with E-state index in [0.717, 1.165) is 28.1 Å². The summed E-state index contributed by atoms with van der Waals surface area (Å²) in [6.45, 7) is 4.79. The third kappa shape index (κ3) is 6.65. The molecule has 1 heteroatoms. The third-order valence-corrected chi connectivity index (χ3v) is 15.1. The monoisotopic (exact) mass is 891 g/mol. The quantitative estimate of drug-likeness (QED) is 0.155. The van der Waals surface area contributed by atoms with Gasteiger partial charge in [0, 0.05) is 16.5 Å². The number of nitrogens with zero attached hydrogens (tertiary/aromatic N) is 1. The Morgan fingerprint density at radius 1 is 0.243 bits per heavy atom. The van der Waals surface area contributed by atoms with Crippen LogP contribution in [0.1, 0.15) is 47.2 Å². The van der Waals surface area contributed by atoms with Crippen LogP contribution in [0.3, 0.4) is 0 Å². The molecule has 1 spiro atoms. The Bertz CT molecular complexity index is 3590. The molecule has 70 heavy (non-hydrogen) atoms. The number of hydrogen-bond donors (Lipinski definition) is 0. The first-order valence-electron chi connectivity index (χ1n) is 24.4. The first-order valence-corrected chi connectivity index (χ1v) is 24.4. The van der Waals surface area contributed by atoms with Crippen LogP contribution >= 0.6 is 0 Å². The summed E-state index contributed by atoms with van der Waals surface area (Å²) in [5.41, 5.74) is 25.9. The summed E-state index contributed by atoms with van der Waals surface area (Å²) in [7, 11) is 0. The van der Waals surface area contributed by atoms with Crippen LogP contribution < -0.4 is 0 Å². The van der Waals surface area contributed by atoms with Gasteiger partial charge in [-0.05, 0) is 137 Å². The second kappa shape index (κ2) is 16.5. The summed E-state index contributed by atoms with van der Waals surface area (Å²) >= 11 is 0. The molecule has 1 aromatic heterocycles. The minimum atomic E-state index is -0.538. The molecule has 0 atom stereocenters. The maximum absolute atomic E-state index is 5.32. The highest BCUT2D eigenvalue weighted by Crippen LogP contribution is 2.64. The molecule has 11 aromatic rings. The Morgan fingerprint density at radius 2 is 0.629 bits per heavy atom. The zero-order valence-corrected chi connectivity index (χ0v) is 39.3. The summed E-state index contributed by atoms with van der Waals surface area (Å²) in [5, 5.41) is 0. The number of pyridine rings is 1. The fourth-order valence-corrected chi connectivity index (χ4v) is 11.8. The van der Waals surface area contributed by atoms with Gasteiger partial charge in [-0.15, -0.1) is 0 Å². The molecule has 0 saturated heterocycles. The fourth-order valence-electron chi connectivity index (χ4n) is 11.8. The Balaban J connectivity index is 1.02. The Hall–Kier alpha value is -8.65. The SMILES string of the molecule is CC1(C)c2ccccc2C2(c3ccc(-c4ccc(-c5cc(-c6ccccc6)cc(-c6ccccc6)c5)cc4)cc3-c3c(-c4cc(-c5ccccc5)nc(-c5ccccc5)c4)cccc32)c2ccccc21. The smallest absolute Gasteiger partial charge is 0.0719 e. The van der Waals surface area contributed by atoms with Crippen LogP contribution in [-0.2, 0) is 10.8 Å². The van der Waals surface area contributed by atoms with E-state index >= 15 is 0 Å². The van der Waals surface area contributed by atoms with E-state index in [9.17, 15) is 0 Å². The standard InChI is InChI=1S/C69H49N/c1-68(2)60-29-15-17-31-62(60)69(63-32-18-16-30-61(63)68)59-39-38-52(48-34-36-49(37-35-48)55-41-53(46-20-7-3-8-21-46)40-54(42-55)47-22-9-4-10-23-47)43-58(59)67-57(28-19-33-64(67)69)56-44-65(50-24-11-5-12-25-50)70-66(45-56)51-26-13-6-14-27-51/h3-45H,1-2H3. The zero-order chi connectivity index (χ0) is 46.8. The topological polar surface area (TPSA) is 12.9 Å². The van der Waals surface area contributed by atoms with E-state index in [1.807, 2.05) is 0 Å². The lowest BCUT2D eigenvalue weighted by molar-refractivity contribution is 0.563. The lowest BCUT2D eigenvalue weighted by Gasteiger charge is -2.46. The van der Waals surface area contributed by atoms with Crippen molar-refractivity contribution in [3.63, 3.8) is 0 Å². The van der Waals surface area contributed by atoms with E-state index in [-0.39, 0.29) is 5.41 Å². The third-order valence-electron chi connectivity index (χ3n) is 15.1. The van der Waals surface area contributed by atoms with Crippen molar-refractivity contribution in [2.75, 3.05) is 0 Å². The lowest BCUT2D eigenvalue weighted by atomic mass is 9.55. The molecule has 2 aliphatic carbocycles. The Kier molecular flexibility index (Phi) is 9.82. The van der Waals surface area contributed by atoms with E-state index in [1.165, 1.54) is 94.6 Å². The summed E-state index contributed by atoms with van der Waals surface area (Å²) in [5.74, 6) is 0. The van der Waals surface area contributed by atoms with Gasteiger partial charge in [-0.3, -0.25) is 0 Å². The van der Waals surface area contributed by atoms with Gasteiger partial charge >= 0.3 is 0 Å². The predicted octanol–water partition coefficient (Wildman–Crippen LogP) is 17.8. The number of benzene rings is 10. The van der Waals surface area contributed by atoms with Gasteiger partial charge < -0.3 is 0 Å². The Morgan fingerprint density at radius 3 is 1.11 bits per heavy atom. The molecule has 13 rings (SSSR count). The highest BCUT2D eigenvalue weighted by Gasteiger charge is 2.53. The largest absolute Gasteiger partial charge is 0.248 e. The van der Waals surface area contributed by atoms with Crippen molar-refractivity contribution in [1.29, 1.82) is 0 Å². The molecule has 0 amide bonds. The average molecular weight is 892 g/mol. The minimum absolute atomic E-state index is 0.191. The molecule has 1 nitrogen and oxygen atoms in total. The van der Waals surface area contributed by atoms with Gasteiger partial charge in [0.05, 0.1) is 16.8 Å². The number of hydrogen-bond acceptors (Lipinski definition) is 1. The molecule has 0 saturated carbocycles. The van der Waals surface area contributed by atoms with Gasteiger partial charge in [-0.2, -0.15) is 0 Å². The molecule has 330 valence electrons. The first-order chi connectivity index (χ1) is 34.4. The van der Waals surface area contributed by atoms with E-state index in [2.05, 4.69) is 275 Å². The molecule has 0 radical (unpaired) electrons. The lowest BCUT2D eigenvalue weighted by Crippen LogP contribution is -2.40. The van der Waals surface area contributed by atoms with Crippen LogP contribution in [0.5, 0.6) is 0 Å². The molecule has 0 fully saturated rings. The van der Waals surface area contributed by atoms with Crippen LogP contribution in [0.25, 0.3) is 89.3 Å². The maximum Gasteiger partial charge on any atom is 0.0719 e. The van der Waals surface area contributed by atoms with Crippen molar-refractivity contribution in [2.24, 2.45) is 0 Å². The second-order valence-electron chi connectivity index (χ2n) is 19.4. The van der Waals surface area contributed by atoms with Gasteiger partial charge in [0.15, 0.2) is 0 Å². The Labute approximate surface area is 411 Å². The number of rotatable bonds is 7. The first kappa shape index (κ1) is 41.5. The summed E-state index contributed by atoms with van der Waals surface area (Å²) in [4.78, 5) is 5.32. The van der Waals surface area contributed by atoms with Crippen LogP contribution in [0.4, 0.5) is 0 Å². The van der Waals surface area contributed by atoms with Gasteiger partial charge in [0.25, 0.3) is 0 Å².